The molecule has 1 N–H and O–H groups in total. The van der Waals surface area contributed by atoms with Gasteiger partial charge in [0.1, 0.15) is 18.6 Å². The third-order valence-electron chi connectivity index (χ3n) is 3.01. The fraction of sp³-hybridized carbons (Fsp3) is 0.500. The fourth-order valence-corrected chi connectivity index (χ4v) is 1.99. The molecule has 7 heteroatoms. The molecule has 1 saturated heterocycles. The molecule has 100 valence electrons. The third kappa shape index (κ3) is 3.12. The SMILES string of the molecule is c1cc(-c2noc(COC3CCNCC3)n2)ncn1. The first-order valence-electron chi connectivity index (χ1n) is 6.33. The smallest absolute Gasteiger partial charge is 0.253 e. The van der Waals surface area contributed by atoms with Crippen LogP contribution in [0.25, 0.3) is 11.5 Å². The summed E-state index contributed by atoms with van der Waals surface area (Å²) in [6.07, 6.45) is 5.41. The van der Waals surface area contributed by atoms with Crippen molar-refractivity contribution in [1.29, 1.82) is 0 Å². The maximum atomic E-state index is 5.75. The summed E-state index contributed by atoms with van der Waals surface area (Å²) in [5, 5.41) is 7.17. The van der Waals surface area contributed by atoms with E-state index in [0.29, 0.717) is 24.0 Å². The number of rotatable bonds is 4. The number of nitrogens with one attached hydrogen (secondary N) is 1. The average molecular weight is 261 g/mol. The molecule has 3 rings (SSSR count). The molecule has 3 heterocycles. The van der Waals surface area contributed by atoms with E-state index in [1.807, 2.05) is 0 Å². The Morgan fingerprint density at radius 2 is 2.26 bits per heavy atom. The summed E-state index contributed by atoms with van der Waals surface area (Å²) >= 11 is 0. The van der Waals surface area contributed by atoms with Crippen LogP contribution in [0.1, 0.15) is 18.7 Å². The number of hydrogen-bond donors (Lipinski definition) is 1. The second-order valence-electron chi connectivity index (χ2n) is 4.37. The van der Waals surface area contributed by atoms with Gasteiger partial charge in [0.05, 0.1) is 6.10 Å². The van der Waals surface area contributed by atoms with Gasteiger partial charge in [-0.3, -0.25) is 0 Å². The maximum absolute atomic E-state index is 5.75. The molecule has 7 nitrogen and oxygen atoms in total. The molecule has 2 aromatic rings. The number of piperidine rings is 1. The van der Waals surface area contributed by atoms with Crippen molar-refractivity contribution in [3.05, 3.63) is 24.5 Å². The van der Waals surface area contributed by atoms with Gasteiger partial charge in [0, 0.05) is 6.20 Å². The van der Waals surface area contributed by atoms with E-state index in [1.165, 1.54) is 6.33 Å². The van der Waals surface area contributed by atoms with Gasteiger partial charge in [-0.1, -0.05) is 5.16 Å². The van der Waals surface area contributed by atoms with Gasteiger partial charge < -0.3 is 14.6 Å². The zero-order chi connectivity index (χ0) is 12.9. The molecule has 0 aliphatic carbocycles. The van der Waals surface area contributed by atoms with Crippen LogP contribution in [0.3, 0.4) is 0 Å². The molecule has 19 heavy (non-hydrogen) atoms. The summed E-state index contributed by atoms with van der Waals surface area (Å²) in [5.41, 5.74) is 0.645. The molecule has 0 saturated carbocycles. The van der Waals surface area contributed by atoms with Crippen LogP contribution in [0.5, 0.6) is 0 Å². The standard InChI is InChI=1S/C12H15N5O2/c1-4-13-5-2-9(1)18-7-11-16-12(17-19-11)10-3-6-14-8-15-10/h3,6,8-9,13H,1-2,4-5,7H2. The van der Waals surface area contributed by atoms with Crippen molar-refractivity contribution in [3.63, 3.8) is 0 Å². The highest BCUT2D eigenvalue weighted by molar-refractivity contribution is 5.46. The highest BCUT2D eigenvalue weighted by atomic mass is 16.5. The fourth-order valence-electron chi connectivity index (χ4n) is 1.99. The Kier molecular flexibility index (Phi) is 3.75. The van der Waals surface area contributed by atoms with E-state index >= 15 is 0 Å². The highest BCUT2D eigenvalue weighted by Crippen LogP contribution is 2.14. The van der Waals surface area contributed by atoms with Crippen molar-refractivity contribution in [2.45, 2.75) is 25.6 Å². The van der Waals surface area contributed by atoms with Crippen LogP contribution < -0.4 is 5.32 Å². The Balaban J connectivity index is 1.59. The van der Waals surface area contributed by atoms with Crippen LogP contribution in [-0.4, -0.2) is 39.3 Å². The van der Waals surface area contributed by atoms with Crippen molar-refractivity contribution < 1.29 is 9.26 Å². The highest BCUT2D eigenvalue weighted by Gasteiger charge is 2.15. The average Bonchev–Trinajstić information content (AvgIpc) is 2.96. The van der Waals surface area contributed by atoms with Gasteiger partial charge in [-0.05, 0) is 32.0 Å². The van der Waals surface area contributed by atoms with Crippen LogP contribution in [0.2, 0.25) is 0 Å². The van der Waals surface area contributed by atoms with Crippen LogP contribution in [0, 0.1) is 0 Å². The number of aromatic nitrogens is 4. The van der Waals surface area contributed by atoms with Gasteiger partial charge in [-0.2, -0.15) is 4.98 Å². The lowest BCUT2D eigenvalue weighted by molar-refractivity contribution is 0.00859. The molecule has 1 aliphatic heterocycles. The molecule has 0 bridgehead atoms. The summed E-state index contributed by atoms with van der Waals surface area (Å²) in [7, 11) is 0. The van der Waals surface area contributed by atoms with Crippen LogP contribution >= 0.6 is 0 Å². The molecule has 0 unspecified atom stereocenters. The molecule has 0 amide bonds. The summed E-state index contributed by atoms with van der Waals surface area (Å²) in [4.78, 5) is 12.2. The second kappa shape index (κ2) is 5.85. The van der Waals surface area contributed by atoms with Gasteiger partial charge in [0.15, 0.2) is 0 Å². The molecular weight excluding hydrogens is 246 g/mol. The lowest BCUT2D eigenvalue weighted by atomic mass is 10.1. The minimum atomic E-state index is 0.274. The van der Waals surface area contributed by atoms with Gasteiger partial charge in [-0.25, -0.2) is 9.97 Å². The first kappa shape index (κ1) is 12.2. The Morgan fingerprint density at radius 1 is 1.37 bits per heavy atom. The molecule has 2 aromatic heterocycles. The largest absolute Gasteiger partial charge is 0.368 e. The maximum Gasteiger partial charge on any atom is 0.253 e. The van der Waals surface area contributed by atoms with Gasteiger partial charge in [0.25, 0.3) is 5.89 Å². The van der Waals surface area contributed by atoms with Gasteiger partial charge >= 0.3 is 0 Å². The molecule has 0 atom stereocenters. The van der Waals surface area contributed by atoms with E-state index in [0.717, 1.165) is 25.9 Å². The van der Waals surface area contributed by atoms with E-state index in [2.05, 4.69) is 25.4 Å². The molecule has 1 fully saturated rings. The first-order chi connectivity index (χ1) is 9.42. The van der Waals surface area contributed by atoms with Crippen LogP contribution in [0.4, 0.5) is 0 Å². The number of hydrogen-bond acceptors (Lipinski definition) is 7. The summed E-state index contributed by atoms with van der Waals surface area (Å²) < 4.78 is 10.9. The first-order valence-corrected chi connectivity index (χ1v) is 6.33. The van der Waals surface area contributed by atoms with E-state index in [1.54, 1.807) is 12.3 Å². The molecular formula is C12H15N5O2. The molecule has 0 radical (unpaired) electrons. The van der Waals surface area contributed by atoms with E-state index < -0.39 is 0 Å². The summed E-state index contributed by atoms with van der Waals surface area (Å²) in [5.74, 6) is 0.943. The Bertz CT molecular complexity index is 510. The van der Waals surface area contributed by atoms with Gasteiger partial charge in [-0.15, -0.1) is 0 Å². The van der Waals surface area contributed by atoms with Crippen molar-refractivity contribution in [1.82, 2.24) is 25.4 Å². The zero-order valence-electron chi connectivity index (χ0n) is 10.5. The molecule has 1 aliphatic rings. The molecule has 0 aromatic carbocycles. The Morgan fingerprint density at radius 3 is 3.05 bits per heavy atom. The van der Waals surface area contributed by atoms with E-state index in [9.17, 15) is 0 Å². The number of nitrogens with zero attached hydrogens (tertiary/aromatic N) is 4. The van der Waals surface area contributed by atoms with Crippen molar-refractivity contribution in [2.75, 3.05) is 13.1 Å². The Hall–Kier alpha value is -1.86. The minimum absolute atomic E-state index is 0.274. The normalized spacial score (nSPS) is 16.6. The van der Waals surface area contributed by atoms with Crippen molar-refractivity contribution >= 4 is 0 Å². The zero-order valence-corrected chi connectivity index (χ0v) is 10.5. The van der Waals surface area contributed by atoms with Crippen molar-refractivity contribution in [3.8, 4) is 11.5 Å². The predicted molar refractivity (Wildman–Crippen MR) is 66.0 cm³/mol. The monoisotopic (exact) mass is 261 g/mol. The third-order valence-corrected chi connectivity index (χ3v) is 3.01. The topological polar surface area (TPSA) is 86.0 Å². The van der Waals surface area contributed by atoms with Crippen molar-refractivity contribution in [2.24, 2.45) is 0 Å². The molecule has 0 spiro atoms. The van der Waals surface area contributed by atoms with E-state index in [-0.39, 0.29) is 6.10 Å². The Labute approximate surface area is 110 Å². The van der Waals surface area contributed by atoms with Crippen LogP contribution in [0.15, 0.2) is 23.1 Å². The predicted octanol–water partition coefficient (Wildman–Crippen LogP) is 0.795. The summed E-state index contributed by atoms with van der Waals surface area (Å²) in [6, 6.07) is 1.74. The van der Waals surface area contributed by atoms with Gasteiger partial charge in [0.2, 0.25) is 5.82 Å². The second-order valence-corrected chi connectivity index (χ2v) is 4.37. The summed E-state index contributed by atoms with van der Waals surface area (Å²) in [6.45, 7) is 2.35. The minimum Gasteiger partial charge on any atom is -0.368 e. The number of ether oxygens (including phenoxy) is 1. The quantitative estimate of drug-likeness (QED) is 0.870. The lowest BCUT2D eigenvalue weighted by Crippen LogP contribution is -2.32. The lowest BCUT2D eigenvalue weighted by Gasteiger charge is -2.21. The van der Waals surface area contributed by atoms with Crippen LogP contribution in [-0.2, 0) is 11.3 Å². The van der Waals surface area contributed by atoms with E-state index in [4.69, 9.17) is 9.26 Å².